The number of hydrogen-bond donors (Lipinski definition) is 1. The molecule has 6 heteroatoms. The van der Waals surface area contributed by atoms with Crippen LogP contribution in [0.5, 0.6) is 0 Å². The van der Waals surface area contributed by atoms with Crippen molar-refractivity contribution in [1.29, 1.82) is 0 Å². The second-order valence-electron chi connectivity index (χ2n) is 4.99. The third kappa shape index (κ3) is 2.70. The molecule has 1 aliphatic rings. The van der Waals surface area contributed by atoms with Gasteiger partial charge in [-0.25, -0.2) is 12.8 Å². The van der Waals surface area contributed by atoms with Crippen molar-refractivity contribution >= 4 is 10.0 Å². The average Bonchev–Trinajstić information content (AvgIpc) is 2.42. The summed E-state index contributed by atoms with van der Waals surface area (Å²) in [5.74, 6) is 1.85. The summed E-state index contributed by atoms with van der Waals surface area (Å²) in [4.78, 5) is 0.0579. The highest BCUT2D eigenvalue weighted by atomic mass is 32.2. The van der Waals surface area contributed by atoms with Crippen LogP contribution in [0, 0.1) is 25.1 Å². The molecule has 0 unspecified atom stereocenters. The maximum atomic E-state index is 13.2. The maximum Gasteiger partial charge on any atom is 0.243 e. The van der Waals surface area contributed by atoms with Gasteiger partial charge in [-0.2, -0.15) is 4.31 Å². The first-order valence-electron chi connectivity index (χ1n) is 6.25. The minimum atomic E-state index is -3.67. The van der Waals surface area contributed by atoms with Crippen LogP contribution < -0.4 is 0 Å². The van der Waals surface area contributed by atoms with E-state index in [4.69, 9.17) is 6.42 Å². The summed E-state index contributed by atoms with van der Waals surface area (Å²) in [6.07, 6.45) is 5.62. The Labute approximate surface area is 118 Å². The summed E-state index contributed by atoms with van der Waals surface area (Å²) in [6, 6.07) is 3.70. The van der Waals surface area contributed by atoms with Crippen molar-refractivity contribution in [3.8, 4) is 12.3 Å². The number of aliphatic hydroxyl groups is 1. The summed E-state index contributed by atoms with van der Waals surface area (Å²) in [5, 5.41) is 9.91. The van der Waals surface area contributed by atoms with E-state index in [0.29, 0.717) is 0 Å². The van der Waals surface area contributed by atoms with Crippen molar-refractivity contribution in [1.82, 2.24) is 4.31 Å². The van der Waals surface area contributed by atoms with Gasteiger partial charge in [-0.15, -0.1) is 6.42 Å². The molecule has 108 valence electrons. The van der Waals surface area contributed by atoms with Gasteiger partial charge in [0.2, 0.25) is 10.0 Å². The Kier molecular flexibility index (Phi) is 3.87. The number of aryl methyl sites for hydroxylation is 1. The Bertz CT molecular complexity index is 655. The van der Waals surface area contributed by atoms with Gasteiger partial charge in [0.05, 0.1) is 4.90 Å². The normalized spacial score (nSPS) is 19.5. The molecule has 0 radical (unpaired) electrons. The lowest BCUT2D eigenvalue weighted by Crippen LogP contribution is -2.45. The first-order chi connectivity index (χ1) is 9.28. The van der Waals surface area contributed by atoms with Crippen LogP contribution in [0.3, 0.4) is 0 Å². The van der Waals surface area contributed by atoms with Gasteiger partial charge < -0.3 is 5.11 Å². The van der Waals surface area contributed by atoms with E-state index in [1.54, 1.807) is 0 Å². The molecule has 0 aliphatic carbocycles. The molecule has 0 amide bonds. The Morgan fingerprint density at radius 1 is 1.40 bits per heavy atom. The zero-order chi connectivity index (χ0) is 15.0. The summed E-state index contributed by atoms with van der Waals surface area (Å²) >= 11 is 0. The second-order valence-corrected chi connectivity index (χ2v) is 6.93. The minimum absolute atomic E-state index is 0.0579. The second kappa shape index (κ2) is 5.17. The number of nitrogens with zero attached hydrogens (tertiary/aromatic N) is 1. The van der Waals surface area contributed by atoms with Crippen LogP contribution in [0.4, 0.5) is 4.39 Å². The molecule has 1 saturated heterocycles. The van der Waals surface area contributed by atoms with E-state index in [1.165, 1.54) is 23.4 Å². The molecular formula is C14H16FNO3S. The molecule has 0 saturated carbocycles. The standard InChI is InChI=1S/C14H16FNO3S/c1-3-14(17)6-8-16(9-7-14)20(18,19)12-4-5-13(15)11(2)10-12/h1,4-5,10,17H,6-9H2,2H3. The smallest absolute Gasteiger partial charge is 0.243 e. The molecule has 1 heterocycles. The molecule has 0 bridgehead atoms. The Morgan fingerprint density at radius 3 is 2.50 bits per heavy atom. The lowest BCUT2D eigenvalue weighted by atomic mass is 9.94. The number of rotatable bonds is 2. The zero-order valence-corrected chi connectivity index (χ0v) is 12.0. The van der Waals surface area contributed by atoms with Crippen molar-refractivity contribution in [2.45, 2.75) is 30.3 Å². The highest BCUT2D eigenvalue weighted by Gasteiger charge is 2.35. The van der Waals surface area contributed by atoms with E-state index in [2.05, 4.69) is 5.92 Å². The van der Waals surface area contributed by atoms with Gasteiger partial charge in [0.1, 0.15) is 11.4 Å². The molecule has 4 nitrogen and oxygen atoms in total. The molecule has 1 aromatic carbocycles. The monoisotopic (exact) mass is 297 g/mol. The largest absolute Gasteiger partial charge is 0.378 e. The minimum Gasteiger partial charge on any atom is -0.378 e. The lowest BCUT2D eigenvalue weighted by molar-refractivity contribution is 0.0489. The Morgan fingerprint density at radius 2 is 2.00 bits per heavy atom. The molecule has 1 aliphatic heterocycles. The van der Waals surface area contributed by atoms with Crippen LogP contribution >= 0.6 is 0 Å². The topological polar surface area (TPSA) is 57.6 Å². The van der Waals surface area contributed by atoms with E-state index in [-0.39, 0.29) is 36.4 Å². The van der Waals surface area contributed by atoms with Crippen molar-refractivity contribution in [2.75, 3.05) is 13.1 Å². The predicted molar refractivity (Wildman–Crippen MR) is 72.9 cm³/mol. The number of sulfonamides is 1. The molecule has 1 fully saturated rings. The fourth-order valence-electron chi connectivity index (χ4n) is 2.17. The van der Waals surface area contributed by atoms with Crippen molar-refractivity contribution in [2.24, 2.45) is 0 Å². The van der Waals surface area contributed by atoms with Crippen LogP contribution in [-0.4, -0.2) is 36.5 Å². The quantitative estimate of drug-likeness (QED) is 0.837. The first-order valence-corrected chi connectivity index (χ1v) is 7.69. The number of terminal acetylenes is 1. The van der Waals surface area contributed by atoms with Gasteiger partial charge >= 0.3 is 0 Å². The van der Waals surface area contributed by atoms with Crippen LogP contribution in [-0.2, 0) is 10.0 Å². The Balaban J connectivity index is 2.24. The predicted octanol–water partition coefficient (Wildman–Crippen LogP) is 1.28. The van der Waals surface area contributed by atoms with Crippen LogP contribution in [0.15, 0.2) is 23.1 Å². The van der Waals surface area contributed by atoms with Crippen molar-refractivity contribution in [3.05, 3.63) is 29.6 Å². The Hall–Kier alpha value is -1.42. The van der Waals surface area contributed by atoms with E-state index in [0.717, 1.165) is 6.07 Å². The molecule has 2 rings (SSSR count). The van der Waals surface area contributed by atoms with Crippen LogP contribution in [0.1, 0.15) is 18.4 Å². The van der Waals surface area contributed by atoms with Crippen LogP contribution in [0.2, 0.25) is 0 Å². The highest BCUT2D eigenvalue weighted by Crippen LogP contribution is 2.26. The van der Waals surface area contributed by atoms with Gasteiger partial charge in [-0.05, 0) is 30.7 Å². The molecule has 0 atom stereocenters. The average molecular weight is 297 g/mol. The molecule has 0 aromatic heterocycles. The zero-order valence-electron chi connectivity index (χ0n) is 11.1. The molecule has 1 aromatic rings. The third-order valence-corrected chi connectivity index (χ3v) is 5.48. The number of halogens is 1. The van der Waals surface area contributed by atoms with E-state index < -0.39 is 21.4 Å². The summed E-state index contributed by atoms with van der Waals surface area (Å²) in [7, 11) is -3.67. The summed E-state index contributed by atoms with van der Waals surface area (Å²) in [5.41, 5.74) is -0.951. The number of hydrogen-bond acceptors (Lipinski definition) is 3. The van der Waals surface area contributed by atoms with E-state index in [1.807, 2.05) is 0 Å². The van der Waals surface area contributed by atoms with Crippen LogP contribution in [0.25, 0.3) is 0 Å². The van der Waals surface area contributed by atoms with E-state index >= 15 is 0 Å². The lowest BCUT2D eigenvalue weighted by Gasteiger charge is -2.34. The molecular weight excluding hydrogens is 281 g/mol. The fraction of sp³-hybridized carbons (Fsp3) is 0.429. The van der Waals surface area contributed by atoms with Gasteiger partial charge in [-0.1, -0.05) is 5.92 Å². The van der Waals surface area contributed by atoms with E-state index in [9.17, 15) is 17.9 Å². The van der Waals surface area contributed by atoms with Crippen molar-refractivity contribution in [3.63, 3.8) is 0 Å². The highest BCUT2D eigenvalue weighted by molar-refractivity contribution is 7.89. The maximum absolute atomic E-state index is 13.2. The summed E-state index contributed by atoms with van der Waals surface area (Å²) in [6.45, 7) is 1.82. The first kappa shape index (κ1) is 15.0. The van der Waals surface area contributed by atoms with Gasteiger partial charge in [0.25, 0.3) is 0 Å². The number of benzene rings is 1. The number of piperidine rings is 1. The third-order valence-electron chi connectivity index (χ3n) is 3.59. The molecule has 20 heavy (non-hydrogen) atoms. The van der Waals surface area contributed by atoms with Gasteiger partial charge in [0, 0.05) is 25.9 Å². The SMILES string of the molecule is C#CC1(O)CCN(S(=O)(=O)c2ccc(F)c(C)c2)CC1. The molecule has 1 N–H and O–H groups in total. The van der Waals surface area contributed by atoms with Gasteiger partial charge in [-0.3, -0.25) is 0 Å². The van der Waals surface area contributed by atoms with Gasteiger partial charge in [0.15, 0.2) is 0 Å². The fourth-order valence-corrected chi connectivity index (χ4v) is 3.69. The summed E-state index contributed by atoms with van der Waals surface area (Å²) < 4.78 is 39.3. The molecule has 0 spiro atoms. The van der Waals surface area contributed by atoms with Crippen molar-refractivity contribution < 1.29 is 17.9 Å².